The van der Waals surface area contributed by atoms with E-state index in [1.54, 1.807) is 60.7 Å². The molecule has 0 aliphatic heterocycles. The minimum Gasteiger partial charge on any atom is -0.258 e. The van der Waals surface area contributed by atoms with Crippen LogP contribution < -0.4 is 0 Å². The van der Waals surface area contributed by atoms with E-state index in [-0.39, 0.29) is 16.2 Å². The van der Waals surface area contributed by atoms with E-state index in [9.17, 15) is 18.5 Å². The van der Waals surface area contributed by atoms with Gasteiger partial charge in [0.05, 0.1) is 25.9 Å². The Kier molecular flexibility index (Phi) is 4.69. The topological polar surface area (TPSA) is 95.1 Å². The van der Waals surface area contributed by atoms with Crippen molar-refractivity contribution in [2.24, 2.45) is 0 Å². The molecule has 0 aliphatic carbocycles. The monoisotopic (exact) mass is 463 g/mol. The summed E-state index contributed by atoms with van der Waals surface area (Å²) >= 11 is 6.17. The zero-order valence-electron chi connectivity index (χ0n) is 16.3. The standard InChI is InChI=1S/C23H14ClN3O4S/c24-16-13-20-19-12-15(18-8-4-5-9-22(18)27(28)29)10-11-21(19)26(23(20)25-14-16)32(30,31)17-6-2-1-3-7-17/h1-14H. The van der Waals surface area contributed by atoms with Crippen molar-refractivity contribution in [3.8, 4) is 11.1 Å². The largest absolute Gasteiger partial charge is 0.277 e. The Balaban J connectivity index is 1.86. The van der Waals surface area contributed by atoms with Crippen molar-refractivity contribution in [3.05, 3.63) is 100 Å². The smallest absolute Gasteiger partial charge is 0.258 e. The first-order valence-electron chi connectivity index (χ1n) is 9.52. The highest BCUT2D eigenvalue weighted by atomic mass is 35.5. The van der Waals surface area contributed by atoms with Crippen LogP contribution in [0.15, 0.2) is 90.0 Å². The zero-order chi connectivity index (χ0) is 22.5. The number of rotatable bonds is 4. The first kappa shape index (κ1) is 20.2. The average molecular weight is 464 g/mol. The highest BCUT2D eigenvalue weighted by Crippen LogP contribution is 2.37. The lowest BCUT2D eigenvalue weighted by atomic mass is 10.0. The van der Waals surface area contributed by atoms with Crippen molar-refractivity contribution in [1.29, 1.82) is 0 Å². The Labute approximate surface area is 187 Å². The molecule has 0 aliphatic rings. The van der Waals surface area contributed by atoms with Crippen molar-refractivity contribution in [1.82, 2.24) is 8.96 Å². The van der Waals surface area contributed by atoms with Crippen LogP contribution in [0.4, 0.5) is 5.69 Å². The molecule has 0 bridgehead atoms. The second kappa shape index (κ2) is 7.44. The Morgan fingerprint density at radius 2 is 1.62 bits per heavy atom. The van der Waals surface area contributed by atoms with E-state index in [0.717, 1.165) is 0 Å². The van der Waals surface area contributed by atoms with Crippen molar-refractivity contribution < 1.29 is 13.3 Å². The summed E-state index contributed by atoms with van der Waals surface area (Å²) < 4.78 is 28.2. The molecule has 0 amide bonds. The Hall–Kier alpha value is -3.75. The molecule has 0 saturated carbocycles. The third-order valence-corrected chi connectivity index (χ3v) is 7.15. The lowest BCUT2D eigenvalue weighted by molar-refractivity contribution is -0.384. The first-order chi connectivity index (χ1) is 15.4. The second-order valence-corrected chi connectivity index (χ2v) is 9.34. The summed E-state index contributed by atoms with van der Waals surface area (Å²) in [5.74, 6) is 0. The number of fused-ring (bicyclic) bond motifs is 3. The molecule has 0 spiro atoms. The highest BCUT2D eigenvalue weighted by molar-refractivity contribution is 7.90. The molecule has 3 aromatic carbocycles. The summed E-state index contributed by atoms with van der Waals surface area (Å²) in [6.07, 6.45) is 1.39. The molecule has 5 rings (SSSR count). The van der Waals surface area contributed by atoms with Crippen LogP contribution in [-0.4, -0.2) is 22.3 Å². The molecule has 2 aromatic heterocycles. The van der Waals surface area contributed by atoms with Gasteiger partial charge in [0.25, 0.3) is 15.7 Å². The number of nitro benzene ring substituents is 1. The van der Waals surface area contributed by atoms with Crippen LogP contribution in [0.2, 0.25) is 5.02 Å². The fourth-order valence-corrected chi connectivity index (χ4v) is 5.48. The normalized spacial score (nSPS) is 11.8. The van der Waals surface area contributed by atoms with Crippen molar-refractivity contribution in [2.45, 2.75) is 4.90 Å². The van der Waals surface area contributed by atoms with E-state index in [0.29, 0.717) is 32.4 Å². The molecule has 0 saturated heterocycles. The van der Waals surface area contributed by atoms with Gasteiger partial charge in [0.15, 0.2) is 5.65 Å². The number of benzene rings is 3. The summed E-state index contributed by atoms with van der Waals surface area (Å²) in [4.78, 5) is 15.5. The number of para-hydroxylation sites is 1. The summed E-state index contributed by atoms with van der Waals surface area (Å²) in [6, 6.07) is 21.2. The van der Waals surface area contributed by atoms with Gasteiger partial charge in [0.2, 0.25) is 0 Å². The van der Waals surface area contributed by atoms with Crippen molar-refractivity contribution >= 4 is 49.2 Å². The van der Waals surface area contributed by atoms with Crippen LogP contribution in [0, 0.1) is 10.1 Å². The summed E-state index contributed by atoms with van der Waals surface area (Å²) in [5, 5.41) is 13.0. The van der Waals surface area contributed by atoms with Gasteiger partial charge >= 0.3 is 0 Å². The van der Waals surface area contributed by atoms with Crippen LogP contribution in [0.3, 0.4) is 0 Å². The van der Waals surface area contributed by atoms with E-state index in [1.807, 2.05) is 0 Å². The summed E-state index contributed by atoms with van der Waals surface area (Å²) in [5.41, 5.74) is 1.61. The molecule has 9 heteroatoms. The molecule has 5 aromatic rings. The molecule has 2 heterocycles. The van der Waals surface area contributed by atoms with E-state index < -0.39 is 14.9 Å². The SMILES string of the molecule is O=[N+]([O-])c1ccccc1-c1ccc2c(c1)c1cc(Cl)cnc1n2S(=O)(=O)c1ccccc1. The van der Waals surface area contributed by atoms with E-state index in [1.165, 1.54) is 28.4 Å². The molecule has 0 atom stereocenters. The molecule has 0 radical (unpaired) electrons. The van der Waals surface area contributed by atoms with Gasteiger partial charge in [-0.2, -0.15) is 0 Å². The van der Waals surface area contributed by atoms with Crippen LogP contribution in [0.25, 0.3) is 33.1 Å². The minimum absolute atomic E-state index is 0.0383. The molecule has 0 N–H and O–H groups in total. The summed E-state index contributed by atoms with van der Waals surface area (Å²) in [6.45, 7) is 0. The Bertz CT molecular complexity index is 1630. The number of nitrogens with zero attached hydrogens (tertiary/aromatic N) is 3. The van der Waals surface area contributed by atoms with E-state index in [4.69, 9.17) is 11.6 Å². The number of hydrogen-bond donors (Lipinski definition) is 0. The lowest BCUT2D eigenvalue weighted by Gasteiger charge is -2.09. The maximum absolute atomic E-state index is 13.5. The van der Waals surface area contributed by atoms with E-state index in [2.05, 4.69) is 4.98 Å². The van der Waals surface area contributed by atoms with Crippen LogP contribution in [0.5, 0.6) is 0 Å². The molecule has 158 valence electrons. The Morgan fingerprint density at radius 3 is 2.38 bits per heavy atom. The third kappa shape index (κ3) is 3.12. The maximum Gasteiger partial charge on any atom is 0.277 e. The van der Waals surface area contributed by atoms with E-state index >= 15 is 0 Å². The third-order valence-electron chi connectivity index (χ3n) is 5.22. The van der Waals surface area contributed by atoms with Gasteiger partial charge < -0.3 is 0 Å². The van der Waals surface area contributed by atoms with Gasteiger partial charge in [0, 0.05) is 23.0 Å². The predicted molar refractivity (Wildman–Crippen MR) is 123 cm³/mol. The zero-order valence-corrected chi connectivity index (χ0v) is 17.9. The summed E-state index contributed by atoms with van der Waals surface area (Å²) in [7, 11) is -3.96. The van der Waals surface area contributed by atoms with Crippen LogP contribution in [0.1, 0.15) is 0 Å². The molecular formula is C23H14ClN3O4S. The lowest BCUT2D eigenvalue weighted by Crippen LogP contribution is -2.13. The van der Waals surface area contributed by atoms with Gasteiger partial charge in [-0.3, -0.25) is 10.1 Å². The highest BCUT2D eigenvalue weighted by Gasteiger charge is 2.25. The maximum atomic E-state index is 13.5. The molecule has 0 unspecified atom stereocenters. The molecule has 0 fully saturated rings. The van der Waals surface area contributed by atoms with Crippen molar-refractivity contribution in [3.63, 3.8) is 0 Å². The number of halogens is 1. The fourth-order valence-electron chi connectivity index (χ4n) is 3.82. The molecule has 7 nitrogen and oxygen atoms in total. The molecule has 32 heavy (non-hydrogen) atoms. The van der Waals surface area contributed by atoms with Gasteiger partial charge in [-0.15, -0.1) is 0 Å². The van der Waals surface area contributed by atoms with Gasteiger partial charge in [-0.05, 0) is 42.0 Å². The van der Waals surface area contributed by atoms with Crippen LogP contribution in [-0.2, 0) is 10.0 Å². The average Bonchev–Trinajstić information content (AvgIpc) is 3.13. The minimum atomic E-state index is -3.96. The number of nitro groups is 1. The van der Waals surface area contributed by atoms with Crippen LogP contribution >= 0.6 is 11.6 Å². The fraction of sp³-hybridized carbons (Fsp3) is 0. The molecular weight excluding hydrogens is 450 g/mol. The second-order valence-electron chi connectivity index (χ2n) is 7.11. The van der Waals surface area contributed by atoms with Gasteiger partial charge in [-0.25, -0.2) is 17.4 Å². The Morgan fingerprint density at radius 1 is 0.906 bits per heavy atom. The number of pyridine rings is 1. The number of aromatic nitrogens is 2. The van der Waals surface area contributed by atoms with Crippen molar-refractivity contribution in [2.75, 3.05) is 0 Å². The first-order valence-corrected chi connectivity index (χ1v) is 11.3. The van der Waals surface area contributed by atoms with Gasteiger partial charge in [-0.1, -0.05) is 48.0 Å². The number of hydrogen-bond acceptors (Lipinski definition) is 5. The predicted octanol–water partition coefficient (Wildman–Crippen LogP) is 5.66. The van der Waals surface area contributed by atoms with Gasteiger partial charge in [0.1, 0.15) is 0 Å². The quantitative estimate of drug-likeness (QED) is 0.253.